The lowest BCUT2D eigenvalue weighted by molar-refractivity contribution is 1.14. The average Bonchev–Trinajstić information content (AvgIpc) is 2.45. The van der Waals surface area contributed by atoms with E-state index in [1.807, 2.05) is 19.9 Å². The molecule has 72 valence electrons. The number of nitrogens with zero attached hydrogens (tertiary/aromatic N) is 3. The third-order valence-corrected chi connectivity index (χ3v) is 3.30. The van der Waals surface area contributed by atoms with Gasteiger partial charge in [0, 0.05) is 0 Å². The number of rotatable bonds is 1. The number of halogens is 1. The van der Waals surface area contributed by atoms with Crippen LogP contribution in [0.5, 0.6) is 0 Å². The minimum atomic E-state index is 0.799. The fourth-order valence-corrected chi connectivity index (χ4v) is 2.42. The highest BCUT2D eigenvalue weighted by atomic mass is 79.9. The lowest BCUT2D eigenvalue weighted by Gasteiger charge is -1.96. The zero-order valence-electron chi connectivity index (χ0n) is 7.78. The van der Waals surface area contributed by atoms with Crippen molar-refractivity contribution >= 4 is 27.3 Å². The van der Waals surface area contributed by atoms with Crippen LogP contribution in [0.25, 0.3) is 10.6 Å². The Hall–Kier alpha value is -0.810. The van der Waals surface area contributed by atoms with E-state index < -0.39 is 0 Å². The second kappa shape index (κ2) is 3.74. The summed E-state index contributed by atoms with van der Waals surface area (Å²) in [5, 5.41) is 1.06. The number of aryl methyl sites for hydroxylation is 2. The van der Waals surface area contributed by atoms with E-state index in [0.29, 0.717) is 0 Å². The quantitative estimate of drug-likeness (QED) is 0.748. The highest BCUT2D eigenvalue weighted by Crippen LogP contribution is 2.28. The van der Waals surface area contributed by atoms with Crippen molar-refractivity contribution in [3.05, 3.63) is 27.7 Å². The van der Waals surface area contributed by atoms with E-state index >= 15 is 0 Å². The van der Waals surface area contributed by atoms with Crippen LogP contribution in [0.3, 0.4) is 0 Å². The Morgan fingerprint density at radius 3 is 2.64 bits per heavy atom. The maximum absolute atomic E-state index is 4.36. The van der Waals surface area contributed by atoms with E-state index in [1.54, 1.807) is 17.7 Å². The summed E-state index contributed by atoms with van der Waals surface area (Å²) in [4.78, 5) is 13.7. The Kier molecular flexibility index (Phi) is 2.60. The Morgan fingerprint density at radius 1 is 1.29 bits per heavy atom. The molecule has 0 aliphatic rings. The molecule has 3 nitrogen and oxygen atoms in total. The zero-order chi connectivity index (χ0) is 10.1. The minimum Gasteiger partial charge on any atom is -0.246 e. The van der Waals surface area contributed by atoms with Crippen LogP contribution in [0, 0.1) is 13.8 Å². The molecule has 2 aromatic rings. The molecule has 0 saturated carbocycles. The summed E-state index contributed by atoms with van der Waals surface area (Å²) < 4.78 is 0.799. The van der Waals surface area contributed by atoms with Crippen molar-refractivity contribution in [3.63, 3.8) is 0 Å². The topological polar surface area (TPSA) is 38.7 Å². The molecule has 0 aromatic carbocycles. The molecule has 0 N–H and O–H groups in total. The SMILES string of the molecule is Cc1nc(C)c(-c2cc(Br)ncn2)s1. The van der Waals surface area contributed by atoms with Gasteiger partial charge in [0.15, 0.2) is 0 Å². The lowest BCUT2D eigenvalue weighted by Crippen LogP contribution is -1.85. The molecular formula is C9H8BrN3S. The van der Waals surface area contributed by atoms with Crippen LogP contribution in [-0.2, 0) is 0 Å². The smallest absolute Gasteiger partial charge is 0.117 e. The first-order valence-electron chi connectivity index (χ1n) is 4.09. The van der Waals surface area contributed by atoms with Gasteiger partial charge in [0.1, 0.15) is 10.9 Å². The van der Waals surface area contributed by atoms with Gasteiger partial charge in [-0.3, -0.25) is 0 Å². The van der Waals surface area contributed by atoms with Crippen LogP contribution in [0.4, 0.5) is 0 Å². The number of hydrogen-bond donors (Lipinski definition) is 0. The van der Waals surface area contributed by atoms with Crippen molar-refractivity contribution in [2.45, 2.75) is 13.8 Å². The van der Waals surface area contributed by atoms with Crippen LogP contribution in [0.1, 0.15) is 10.7 Å². The molecule has 0 radical (unpaired) electrons. The van der Waals surface area contributed by atoms with E-state index in [2.05, 4.69) is 30.9 Å². The molecule has 0 saturated heterocycles. The summed E-state index contributed by atoms with van der Waals surface area (Å²) in [5.74, 6) is 0. The van der Waals surface area contributed by atoms with Crippen molar-refractivity contribution in [2.75, 3.05) is 0 Å². The van der Waals surface area contributed by atoms with E-state index in [-0.39, 0.29) is 0 Å². The fourth-order valence-electron chi connectivity index (χ4n) is 1.23. The lowest BCUT2D eigenvalue weighted by atomic mass is 10.3. The molecule has 5 heteroatoms. The molecule has 0 spiro atoms. The first-order chi connectivity index (χ1) is 6.66. The van der Waals surface area contributed by atoms with Crippen LogP contribution >= 0.6 is 27.3 Å². The highest BCUT2D eigenvalue weighted by molar-refractivity contribution is 9.10. The van der Waals surface area contributed by atoms with Gasteiger partial charge < -0.3 is 0 Å². The van der Waals surface area contributed by atoms with Crippen molar-refractivity contribution in [1.82, 2.24) is 15.0 Å². The van der Waals surface area contributed by atoms with E-state index in [1.165, 1.54) is 0 Å². The highest BCUT2D eigenvalue weighted by Gasteiger charge is 2.08. The van der Waals surface area contributed by atoms with Crippen molar-refractivity contribution in [3.8, 4) is 10.6 Å². The summed E-state index contributed by atoms with van der Waals surface area (Å²) in [5.41, 5.74) is 1.95. The monoisotopic (exact) mass is 269 g/mol. The van der Waals surface area contributed by atoms with E-state index in [9.17, 15) is 0 Å². The standard InChI is InChI=1S/C9H8BrN3S/c1-5-9(14-6(2)13-5)7-3-8(10)12-4-11-7/h3-4H,1-2H3. The van der Waals surface area contributed by atoms with Gasteiger partial charge >= 0.3 is 0 Å². The molecule has 14 heavy (non-hydrogen) atoms. The molecule has 0 aliphatic heterocycles. The van der Waals surface area contributed by atoms with Crippen LogP contribution in [-0.4, -0.2) is 15.0 Å². The normalized spacial score (nSPS) is 10.5. The van der Waals surface area contributed by atoms with Gasteiger partial charge in [0.05, 0.1) is 21.3 Å². The van der Waals surface area contributed by atoms with Crippen molar-refractivity contribution in [2.24, 2.45) is 0 Å². The predicted octanol–water partition coefficient (Wildman–Crippen LogP) is 2.98. The number of aromatic nitrogens is 3. The third kappa shape index (κ3) is 1.83. The Bertz CT molecular complexity index is 467. The second-order valence-electron chi connectivity index (χ2n) is 2.87. The molecule has 0 aliphatic carbocycles. The molecule has 0 atom stereocenters. The van der Waals surface area contributed by atoms with Gasteiger partial charge in [0.25, 0.3) is 0 Å². The first kappa shape index (κ1) is 9.73. The maximum atomic E-state index is 4.36. The van der Waals surface area contributed by atoms with Crippen molar-refractivity contribution in [1.29, 1.82) is 0 Å². The first-order valence-corrected chi connectivity index (χ1v) is 5.69. The van der Waals surface area contributed by atoms with Gasteiger partial charge in [-0.25, -0.2) is 15.0 Å². The predicted molar refractivity (Wildman–Crippen MR) is 60.3 cm³/mol. The fraction of sp³-hybridized carbons (Fsp3) is 0.222. The second-order valence-corrected chi connectivity index (χ2v) is 4.89. The Balaban J connectivity index is 2.54. The number of hydrogen-bond acceptors (Lipinski definition) is 4. The molecule has 0 bridgehead atoms. The molecule has 0 unspecified atom stereocenters. The molecule has 0 fully saturated rings. The van der Waals surface area contributed by atoms with Gasteiger partial charge in [-0.05, 0) is 35.8 Å². The summed E-state index contributed by atoms with van der Waals surface area (Å²) in [6, 6.07) is 1.90. The summed E-state index contributed by atoms with van der Waals surface area (Å²) in [7, 11) is 0. The van der Waals surface area contributed by atoms with Gasteiger partial charge in [0.2, 0.25) is 0 Å². The van der Waals surface area contributed by atoms with Crippen molar-refractivity contribution < 1.29 is 0 Å². The Morgan fingerprint density at radius 2 is 2.07 bits per heavy atom. The molecule has 2 aromatic heterocycles. The molecule has 2 rings (SSSR count). The van der Waals surface area contributed by atoms with E-state index in [0.717, 1.165) is 25.9 Å². The minimum absolute atomic E-state index is 0.799. The molecule has 0 amide bonds. The summed E-state index contributed by atoms with van der Waals surface area (Å²) in [6.45, 7) is 3.99. The van der Waals surface area contributed by atoms with Gasteiger partial charge in [-0.2, -0.15) is 0 Å². The van der Waals surface area contributed by atoms with E-state index in [4.69, 9.17) is 0 Å². The average molecular weight is 270 g/mol. The zero-order valence-corrected chi connectivity index (χ0v) is 10.2. The van der Waals surface area contributed by atoms with Gasteiger partial charge in [-0.15, -0.1) is 11.3 Å². The summed E-state index contributed by atoms with van der Waals surface area (Å²) >= 11 is 4.98. The molecule has 2 heterocycles. The van der Waals surface area contributed by atoms with Crippen LogP contribution in [0.15, 0.2) is 17.0 Å². The van der Waals surface area contributed by atoms with Crippen LogP contribution in [0.2, 0.25) is 0 Å². The summed E-state index contributed by atoms with van der Waals surface area (Å²) in [6.07, 6.45) is 1.55. The maximum Gasteiger partial charge on any atom is 0.117 e. The van der Waals surface area contributed by atoms with Crippen LogP contribution < -0.4 is 0 Å². The third-order valence-electron chi connectivity index (χ3n) is 1.77. The van der Waals surface area contributed by atoms with Gasteiger partial charge in [-0.1, -0.05) is 0 Å². The largest absolute Gasteiger partial charge is 0.246 e. The molecular weight excluding hydrogens is 262 g/mol. The number of thiazole rings is 1. The Labute approximate surface area is 94.4 Å².